The van der Waals surface area contributed by atoms with E-state index in [0.717, 1.165) is 30.1 Å². The molecule has 0 saturated carbocycles. The first-order chi connectivity index (χ1) is 15.2. The van der Waals surface area contributed by atoms with Gasteiger partial charge < -0.3 is 14.5 Å². The molecule has 4 aromatic rings. The lowest BCUT2D eigenvalue weighted by molar-refractivity contribution is -0.140. The van der Waals surface area contributed by atoms with Crippen LogP contribution in [0.5, 0.6) is 0 Å². The number of aromatic amines is 1. The van der Waals surface area contributed by atoms with Crippen LogP contribution in [0.1, 0.15) is 40.6 Å². The summed E-state index contributed by atoms with van der Waals surface area (Å²) in [6, 6.07) is 10.1. The number of nitrogens with zero attached hydrogens (tertiary/aromatic N) is 3. The maximum absolute atomic E-state index is 13.6. The summed E-state index contributed by atoms with van der Waals surface area (Å²) in [4.78, 5) is 21.9. The number of hydrogen-bond acceptors (Lipinski definition) is 2. The average molecular weight is 444 g/mol. The van der Waals surface area contributed by atoms with Crippen LogP contribution in [0.4, 0.5) is 17.6 Å². The molecule has 3 aromatic heterocycles. The number of halogens is 4. The second-order valence-electron chi connectivity index (χ2n) is 8.23. The van der Waals surface area contributed by atoms with E-state index < -0.39 is 11.9 Å². The summed E-state index contributed by atoms with van der Waals surface area (Å²) in [5, 5.41) is 0.659. The van der Waals surface area contributed by atoms with Crippen molar-refractivity contribution in [2.75, 3.05) is 13.1 Å². The first kappa shape index (κ1) is 20.5. The van der Waals surface area contributed by atoms with Gasteiger partial charge in [-0.05, 0) is 55.3 Å². The minimum absolute atomic E-state index is 0.0386. The van der Waals surface area contributed by atoms with Crippen LogP contribution in [0.3, 0.4) is 0 Å². The van der Waals surface area contributed by atoms with Crippen LogP contribution in [-0.2, 0) is 13.2 Å². The maximum atomic E-state index is 13.6. The number of fused-ring (bicyclic) bond motifs is 2. The number of amides is 1. The van der Waals surface area contributed by atoms with Gasteiger partial charge in [0, 0.05) is 42.7 Å². The number of piperidine rings is 1. The number of carbonyl (C=O) groups is 1. The number of carbonyl (C=O) groups excluding carboxylic acids is 1. The van der Waals surface area contributed by atoms with E-state index in [4.69, 9.17) is 0 Å². The van der Waals surface area contributed by atoms with Crippen LogP contribution in [-0.4, -0.2) is 38.4 Å². The highest BCUT2D eigenvalue weighted by molar-refractivity contribution is 5.98. The normalized spacial score (nSPS) is 17.4. The molecule has 1 unspecified atom stereocenters. The number of nitrogens with one attached hydrogen (secondary N) is 1. The standard InChI is InChI=1S/C23H20F4N4O/c1-30-19-6-4-15(24)9-14(19)10-20(30)22(32)31-8-2-3-13(12-31)17-11-18-16(28-17)5-7-21(29-18)23(25,26)27/h4-7,9-11,13,28H,2-3,8,12H2,1H3. The Kier molecular flexibility index (Phi) is 4.72. The van der Waals surface area contributed by atoms with Gasteiger partial charge in [-0.1, -0.05) is 0 Å². The van der Waals surface area contributed by atoms with Crippen molar-refractivity contribution in [1.82, 2.24) is 19.4 Å². The molecule has 9 heteroatoms. The number of benzene rings is 1. The fraction of sp³-hybridized carbons (Fsp3) is 0.304. The van der Waals surface area contributed by atoms with E-state index >= 15 is 0 Å². The predicted molar refractivity (Wildman–Crippen MR) is 112 cm³/mol. The van der Waals surface area contributed by atoms with Gasteiger partial charge in [-0.15, -0.1) is 0 Å². The number of H-pyrrole nitrogens is 1. The second-order valence-corrected chi connectivity index (χ2v) is 8.23. The van der Waals surface area contributed by atoms with Crippen molar-refractivity contribution < 1.29 is 22.4 Å². The number of aryl methyl sites for hydroxylation is 1. The third-order valence-electron chi connectivity index (χ3n) is 6.16. The highest BCUT2D eigenvalue weighted by Crippen LogP contribution is 2.32. The van der Waals surface area contributed by atoms with Crippen LogP contribution in [0.2, 0.25) is 0 Å². The Bertz CT molecular complexity index is 1340. The van der Waals surface area contributed by atoms with Crippen LogP contribution < -0.4 is 0 Å². The Morgan fingerprint density at radius 3 is 2.75 bits per heavy atom. The van der Waals surface area contributed by atoms with Crippen molar-refractivity contribution in [3.63, 3.8) is 0 Å². The van der Waals surface area contributed by atoms with Crippen molar-refractivity contribution in [3.8, 4) is 0 Å². The molecule has 4 heterocycles. The topological polar surface area (TPSA) is 53.9 Å². The molecule has 0 spiro atoms. The predicted octanol–water partition coefficient (Wildman–Crippen LogP) is 5.23. The zero-order valence-corrected chi connectivity index (χ0v) is 17.2. The SMILES string of the molecule is Cn1c(C(=O)N2CCCC(c3cc4nc(C(F)(F)F)ccc4[nH]3)C2)cc2cc(F)ccc21. The lowest BCUT2D eigenvalue weighted by Gasteiger charge is -2.32. The first-order valence-corrected chi connectivity index (χ1v) is 10.3. The molecule has 1 aliphatic rings. The molecule has 1 aromatic carbocycles. The van der Waals surface area contributed by atoms with Crippen LogP contribution in [0.15, 0.2) is 42.5 Å². The molecule has 1 amide bonds. The molecule has 1 aliphatic heterocycles. The highest BCUT2D eigenvalue weighted by atomic mass is 19.4. The van der Waals surface area contributed by atoms with E-state index in [2.05, 4.69) is 9.97 Å². The molecule has 1 fully saturated rings. The van der Waals surface area contributed by atoms with Gasteiger partial charge >= 0.3 is 6.18 Å². The highest BCUT2D eigenvalue weighted by Gasteiger charge is 2.33. The molecule has 1 N–H and O–H groups in total. The molecule has 166 valence electrons. The zero-order chi connectivity index (χ0) is 22.6. The monoisotopic (exact) mass is 444 g/mol. The van der Waals surface area contributed by atoms with Gasteiger partial charge in [0.1, 0.15) is 17.2 Å². The summed E-state index contributed by atoms with van der Waals surface area (Å²) in [6.45, 7) is 1.02. The fourth-order valence-corrected chi connectivity index (χ4v) is 4.51. The Labute approximate surface area is 180 Å². The Morgan fingerprint density at radius 2 is 1.97 bits per heavy atom. The average Bonchev–Trinajstić information content (AvgIpc) is 3.33. The number of aromatic nitrogens is 3. The van der Waals surface area contributed by atoms with Crippen LogP contribution >= 0.6 is 0 Å². The summed E-state index contributed by atoms with van der Waals surface area (Å²) in [6.07, 6.45) is -2.92. The fourth-order valence-electron chi connectivity index (χ4n) is 4.51. The zero-order valence-electron chi connectivity index (χ0n) is 17.2. The molecule has 0 aliphatic carbocycles. The van der Waals surface area contributed by atoms with Gasteiger partial charge in [0.15, 0.2) is 0 Å². The molecular formula is C23H20F4N4O. The molecule has 5 nitrogen and oxygen atoms in total. The van der Waals surface area contributed by atoms with Crippen molar-refractivity contribution in [2.45, 2.75) is 24.9 Å². The van der Waals surface area contributed by atoms with Gasteiger partial charge in [-0.25, -0.2) is 9.37 Å². The van der Waals surface area contributed by atoms with E-state index in [1.165, 1.54) is 18.2 Å². The molecule has 0 bridgehead atoms. The van der Waals surface area contributed by atoms with Crippen LogP contribution in [0.25, 0.3) is 21.9 Å². The van der Waals surface area contributed by atoms with Crippen molar-refractivity contribution in [1.29, 1.82) is 0 Å². The van der Waals surface area contributed by atoms with Crippen molar-refractivity contribution in [3.05, 3.63) is 65.4 Å². The van der Waals surface area contributed by atoms with Gasteiger partial charge in [-0.2, -0.15) is 13.2 Å². The number of hydrogen-bond donors (Lipinski definition) is 1. The Balaban J connectivity index is 1.41. The van der Waals surface area contributed by atoms with Crippen LogP contribution in [0, 0.1) is 5.82 Å². The molecule has 0 radical (unpaired) electrons. The largest absolute Gasteiger partial charge is 0.433 e. The van der Waals surface area contributed by atoms with Gasteiger partial charge in [0.2, 0.25) is 0 Å². The van der Waals surface area contributed by atoms with E-state index in [0.29, 0.717) is 29.7 Å². The summed E-state index contributed by atoms with van der Waals surface area (Å²) in [5.74, 6) is -0.549. The summed E-state index contributed by atoms with van der Waals surface area (Å²) >= 11 is 0. The smallest absolute Gasteiger partial charge is 0.357 e. The van der Waals surface area contributed by atoms with E-state index in [1.54, 1.807) is 34.7 Å². The number of pyridine rings is 1. The second kappa shape index (κ2) is 7.36. The van der Waals surface area contributed by atoms with Gasteiger partial charge in [-0.3, -0.25) is 4.79 Å². The quantitative estimate of drug-likeness (QED) is 0.431. The molecule has 1 saturated heterocycles. The third-order valence-corrected chi connectivity index (χ3v) is 6.16. The third kappa shape index (κ3) is 3.51. The number of alkyl halides is 3. The molecule has 5 rings (SSSR count). The minimum atomic E-state index is -4.50. The molecular weight excluding hydrogens is 424 g/mol. The van der Waals surface area contributed by atoms with E-state index in [9.17, 15) is 22.4 Å². The Morgan fingerprint density at radius 1 is 1.16 bits per heavy atom. The first-order valence-electron chi connectivity index (χ1n) is 10.3. The summed E-state index contributed by atoms with van der Waals surface area (Å²) in [7, 11) is 1.77. The number of likely N-dealkylation sites (tertiary alicyclic amines) is 1. The van der Waals surface area contributed by atoms with Crippen molar-refractivity contribution >= 4 is 27.8 Å². The van der Waals surface area contributed by atoms with Gasteiger partial charge in [0.05, 0.1) is 11.0 Å². The van der Waals surface area contributed by atoms with Gasteiger partial charge in [0.25, 0.3) is 5.91 Å². The molecule has 1 atom stereocenters. The maximum Gasteiger partial charge on any atom is 0.433 e. The minimum Gasteiger partial charge on any atom is -0.357 e. The number of rotatable bonds is 2. The van der Waals surface area contributed by atoms with Crippen molar-refractivity contribution in [2.24, 2.45) is 7.05 Å². The summed E-state index contributed by atoms with van der Waals surface area (Å²) < 4.78 is 54.2. The van der Waals surface area contributed by atoms with E-state index in [1.807, 2.05) is 0 Å². The summed E-state index contributed by atoms with van der Waals surface area (Å²) in [5.41, 5.74) is 1.87. The van der Waals surface area contributed by atoms with E-state index in [-0.39, 0.29) is 23.2 Å². The molecule has 32 heavy (non-hydrogen) atoms. The Hall–Kier alpha value is -3.36. The lowest BCUT2D eigenvalue weighted by Crippen LogP contribution is -2.39. The lowest BCUT2D eigenvalue weighted by atomic mass is 9.94.